The van der Waals surface area contributed by atoms with Gasteiger partial charge in [-0.2, -0.15) is 0 Å². The molecule has 0 atom stereocenters. The Bertz CT molecular complexity index is 902. The molecule has 0 fully saturated rings. The molecular weight excluding hydrogens is 331 g/mol. The van der Waals surface area contributed by atoms with E-state index in [1.54, 1.807) is 0 Å². The van der Waals surface area contributed by atoms with Gasteiger partial charge in [-0.1, -0.05) is 71.3 Å². The molecule has 3 rings (SSSR count). The molecule has 0 saturated heterocycles. The Morgan fingerprint density at radius 1 is 0.667 bits per heavy atom. The van der Waals surface area contributed by atoms with Gasteiger partial charge in [0.05, 0.1) is 5.69 Å². The summed E-state index contributed by atoms with van der Waals surface area (Å²) < 4.78 is 0. The molecule has 2 heterocycles. The number of pyridine rings is 1. The first-order valence-corrected chi connectivity index (χ1v) is 9.34. The molecule has 2 aromatic heterocycles. The molecule has 0 N–H and O–H groups in total. The minimum Gasteiger partial charge on any atom is -0.255 e. The molecule has 0 radical (unpaired) electrons. The zero-order valence-electron chi connectivity index (χ0n) is 17.3. The van der Waals surface area contributed by atoms with E-state index in [9.17, 15) is 0 Å². The monoisotopic (exact) mass is 358 g/mol. The summed E-state index contributed by atoms with van der Waals surface area (Å²) in [6.45, 7) is 12.7. The van der Waals surface area contributed by atoms with Crippen molar-refractivity contribution in [2.75, 3.05) is 0 Å². The van der Waals surface area contributed by atoms with Crippen molar-refractivity contribution in [3.8, 4) is 22.6 Å². The average molecular weight is 358 g/mol. The van der Waals surface area contributed by atoms with Crippen LogP contribution in [0, 0.1) is 0 Å². The maximum atomic E-state index is 4.74. The van der Waals surface area contributed by atoms with Crippen LogP contribution in [-0.2, 0) is 10.8 Å². The van der Waals surface area contributed by atoms with E-state index < -0.39 is 0 Å². The predicted molar refractivity (Wildman–Crippen MR) is 114 cm³/mol. The molecule has 0 unspecified atom stereocenters. The van der Waals surface area contributed by atoms with Crippen molar-refractivity contribution in [2.45, 2.75) is 52.4 Å². The molecule has 0 aliphatic rings. The summed E-state index contributed by atoms with van der Waals surface area (Å²) in [5, 5.41) is 0. The second-order valence-electron chi connectivity index (χ2n) is 9.10. The standard InChI is InChI=1S/C22H27BN4/c1-21(2,3)19-25-18(26-20(27-19)22(4,5)6)15-9-12-17(24-13-15)14-7-10-16(23)11-8-14/h7-13H,23H2,1-6H3. The van der Waals surface area contributed by atoms with Gasteiger partial charge < -0.3 is 0 Å². The summed E-state index contributed by atoms with van der Waals surface area (Å²) in [6, 6.07) is 12.4. The number of rotatable bonds is 2. The lowest BCUT2D eigenvalue weighted by Crippen LogP contribution is -2.24. The van der Waals surface area contributed by atoms with Crippen molar-refractivity contribution in [3.05, 3.63) is 54.2 Å². The van der Waals surface area contributed by atoms with Gasteiger partial charge in [0.25, 0.3) is 0 Å². The third kappa shape index (κ3) is 4.41. The lowest BCUT2D eigenvalue weighted by Gasteiger charge is -2.22. The van der Waals surface area contributed by atoms with Gasteiger partial charge in [-0.15, -0.1) is 0 Å². The molecule has 27 heavy (non-hydrogen) atoms. The highest BCUT2D eigenvalue weighted by Gasteiger charge is 2.25. The third-order valence-corrected chi connectivity index (χ3v) is 4.35. The number of hydrogen-bond acceptors (Lipinski definition) is 4. The van der Waals surface area contributed by atoms with Crippen LogP contribution in [0.1, 0.15) is 53.2 Å². The first-order valence-electron chi connectivity index (χ1n) is 9.34. The fourth-order valence-electron chi connectivity index (χ4n) is 2.60. The Labute approximate surface area is 162 Å². The van der Waals surface area contributed by atoms with Crippen LogP contribution in [0.4, 0.5) is 0 Å². The van der Waals surface area contributed by atoms with Crippen LogP contribution in [-0.4, -0.2) is 27.8 Å². The highest BCUT2D eigenvalue weighted by Crippen LogP contribution is 2.27. The van der Waals surface area contributed by atoms with Gasteiger partial charge in [-0.3, -0.25) is 4.98 Å². The molecule has 0 amide bonds. The van der Waals surface area contributed by atoms with Gasteiger partial charge in [-0.05, 0) is 12.1 Å². The minimum absolute atomic E-state index is 0.146. The summed E-state index contributed by atoms with van der Waals surface area (Å²) in [6.07, 6.45) is 1.85. The van der Waals surface area contributed by atoms with Crippen LogP contribution >= 0.6 is 0 Å². The molecule has 5 heteroatoms. The zero-order chi connectivity index (χ0) is 19.8. The average Bonchev–Trinajstić information content (AvgIpc) is 2.61. The molecule has 0 saturated carbocycles. The third-order valence-electron chi connectivity index (χ3n) is 4.35. The topological polar surface area (TPSA) is 51.6 Å². The fraction of sp³-hybridized carbons (Fsp3) is 0.364. The van der Waals surface area contributed by atoms with E-state index in [2.05, 4.69) is 78.6 Å². The van der Waals surface area contributed by atoms with Crippen molar-refractivity contribution in [1.82, 2.24) is 19.9 Å². The Hall–Kier alpha value is -2.56. The summed E-state index contributed by atoms with van der Waals surface area (Å²) >= 11 is 0. The predicted octanol–water partition coefficient (Wildman–Crippen LogP) is 3.45. The molecule has 0 aliphatic carbocycles. The SMILES string of the molecule is Bc1ccc(-c2ccc(-c3nc(C(C)(C)C)nc(C(C)(C)C)n3)cn2)cc1. The van der Waals surface area contributed by atoms with Crippen LogP contribution in [0.15, 0.2) is 42.6 Å². The van der Waals surface area contributed by atoms with Crippen LogP contribution in [0.5, 0.6) is 0 Å². The second-order valence-corrected chi connectivity index (χ2v) is 9.10. The van der Waals surface area contributed by atoms with Crippen LogP contribution in [0.2, 0.25) is 0 Å². The smallest absolute Gasteiger partial charge is 0.164 e. The highest BCUT2D eigenvalue weighted by atomic mass is 15.1. The largest absolute Gasteiger partial charge is 0.255 e. The Kier molecular flexibility index (Phi) is 4.89. The van der Waals surface area contributed by atoms with E-state index in [0.29, 0.717) is 5.82 Å². The van der Waals surface area contributed by atoms with E-state index in [1.165, 1.54) is 5.46 Å². The minimum atomic E-state index is -0.146. The normalized spacial score (nSPS) is 12.2. The summed E-state index contributed by atoms with van der Waals surface area (Å²) in [4.78, 5) is 18.9. The number of aromatic nitrogens is 4. The first-order chi connectivity index (χ1) is 12.5. The van der Waals surface area contributed by atoms with Gasteiger partial charge in [-0.25, -0.2) is 15.0 Å². The number of benzene rings is 1. The first kappa shape index (κ1) is 19.2. The summed E-state index contributed by atoms with van der Waals surface area (Å²) in [5.41, 5.74) is 3.91. The quantitative estimate of drug-likeness (QED) is 0.659. The van der Waals surface area contributed by atoms with E-state index >= 15 is 0 Å². The summed E-state index contributed by atoms with van der Waals surface area (Å²) in [7, 11) is 2.08. The zero-order valence-corrected chi connectivity index (χ0v) is 17.3. The van der Waals surface area contributed by atoms with E-state index in [1.807, 2.05) is 18.3 Å². The Balaban J connectivity index is 2.04. The molecule has 0 spiro atoms. The molecule has 1 aromatic carbocycles. The van der Waals surface area contributed by atoms with Gasteiger partial charge in [0.15, 0.2) is 5.82 Å². The molecule has 0 bridgehead atoms. The van der Waals surface area contributed by atoms with Crippen LogP contribution in [0.25, 0.3) is 22.6 Å². The molecule has 138 valence electrons. The number of nitrogens with zero attached hydrogens (tertiary/aromatic N) is 4. The van der Waals surface area contributed by atoms with E-state index in [-0.39, 0.29) is 10.8 Å². The van der Waals surface area contributed by atoms with Crippen molar-refractivity contribution in [2.24, 2.45) is 0 Å². The highest BCUT2D eigenvalue weighted by molar-refractivity contribution is 6.32. The van der Waals surface area contributed by atoms with Gasteiger partial charge >= 0.3 is 0 Å². The molecular formula is C22H27BN4. The van der Waals surface area contributed by atoms with Crippen LogP contribution < -0.4 is 5.46 Å². The fourth-order valence-corrected chi connectivity index (χ4v) is 2.60. The summed E-state index contributed by atoms with van der Waals surface area (Å²) in [5.74, 6) is 2.29. The van der Waals surface area contributed by atoms with Crippen molar-refractivity contribution >= 4 is 13.3 Å². The van der Waals surface area contributed by atoms with Gasteiger partial charge in [0, 0.05) is 28.2 Å². The molecule has 4 nitrogen and oxygen atoms in total. The lowest BCUT2D eigenvalue weighted by molar-refractivity contribution is 0.497. The van der Waals surface area contributed by atoms with Crippen molar-refractivity contribution in [1.29, 1.82) is 0 Å². The van der Waals surface area contributed by atoms with E-state index in [4.69, 9.17) is 15.0 Å². The maximum absolute atomic E-state index is 4.74. The van der Waals surface area contributed by atoms with Crippen molar-refractivity contribution in [3.63, 3.8) is 0 Å². The lowest BCUT2D eigenvalue weighted by atomic mass is 9.93. The van der Waals surface area contributed by atoms with Gasteiger partial charge in [0.2, 0.25) is 0 Å². The number of hydrogen-bond donors (Lipinski definition) is 0. The Morgan fingerprint density at radius 3 is 1.63 bits per heavy atom. The van der Waals surface area contributed by atoms with Crippen molar-refractivity contribution < 1.29 is 0 Å². The van der Waals surface area contributed by atoms with E-state index in [0.717, 1.165) is 28.5 Å². The molecule has 0 aliphatic heterocycles. The van der Waals surface area contributed by atoms with Gasteiger partial charge in [0.1, 0.15) is 19.5 Å². The second kappa shape index (κ2) is 6.88. The van der Waals surface area contributed by atoms with Crippen LogP contribution in [0.3, 0.4) is 0 Å². The molecule has 3 aromatic rings. The maximum Gasteiger partial charge on any atom is 0.164 e. The Morgan fingerprint density at radius 2 is 1.19 bits per heavy atom.